The summed E-state index contributed by atoms with van der Waals surface area (Å²) in [5.41, 5.74) is 1.93. The zero-order valence-electron chi connectivity index (χ0n) is 17.0. The smallest absolute Gasteiger partial charge is 0.348 e. The Morgan fingerprint density at radius 1 is 1.16 bits per heavy atom. The molecular weight excluding hydrogens is 453 g/mol. The number of nitrogens with one attached hydrogen (secondary N) is 1. The van der Waals surface area contributed by atoms with E-state index in [0.717, 1.165) is 43.2 Å². The van der Waals surface area contributed by atoms with Gasteiger partial charge in [0.2, 0.25) is 15.9 Å². The molecular formula is C21H22ClF3N2O3S. The highest BCUT2D eigenvalue weighted by Gasteiger charge is 2.34. The first-order valence-corrected chi connectivity index (χ1v) is 11.8. The molecule has 2 aromatic rings. The van der Waals surface area contributed by atoms with Crippen LogP contribution in [0.2, 0.25) is 5.02 Å². The van der Waals surface area contributed by atoms with E-state index in [4.69, 9.17) is 11.6 Å². The first-order valence-electron chi connectivity index (χ1n) is 9.62. The molecule has 3 rings (SSSR count). The van der Waals surface area contributed by atoms with Gasteiger partial charge in [-0.25, -0.2) is 8.42 Å². The van der Waals surface area contributed by atoms with E-state index in [2.05, 4.69) is 5.32 Å². The number of rotatable bonds is 6. The predicted molar refractivity (Wildman–Crippen MR) is 114 cm³/mol. The third kappa shape index (κ3) is 5.51. The number of hydrogen-bond donors (Lipinski definition) is 1. The summed E-state index contributed by atoms with van der Waals surface area (Å²) in [6, 6.07) is 8.29. The molecule has 1 amide bonds. The summed E-state index contributed by atoms with van der Waals surface area (Å²) in [6.45, 7) is 1.11. The highest BCUT2D eigenvalue weighted by Crippen LogP contribution is 2.37. The minimum atomic E-state index is -4.76. The van der Waals surface area contributed by atoms with E-state index < -0.39 is 45.3 Å². The fourth-order valence-electron chi connectivity index (χ4n) is 3.65. The van der Waals surface area contributed by atoms with Crippen LogP contribution >= 0.6 is 11.6 Å². The van der Waals surface area contributed by atoms with Crippen LogP contribution in [0, 0.1) is 0 Å². The highest BCUT2D eigenvalue weighted by molar-refractivity contribution is 7.92. The average Bonchev–Trinajstić information content (AvgIpc) is 3.12. The number of fused-ring (bicyclic) bond motifs is 1. The van der Waals surface area contributed by atoms with Crippen LogP contribution in [0.4, 0.5) is 18.9 Å². The molecule has 10 heteroatoms. The number of halogens is 4. The van der Waals surface area contributed by atoms with E-state index in [0.29, 0.717) is 10.4 Å². The monoisotopic (exact) mass is 474 g/mol. The Morgan fingerprint density at radius 3 is 2.48 bits per heavy atom. The first-order chi connectivity index (χ1) is 14.4. The Morgan fingerprint density at radius 2 is 1.84 bits per heavy atom. The molecule has 0 spiro atoms. The Hall–Kier alpha value is -2.26. The second kappa shape index (κ2) is 8.70. The zero-order chi connectivity index (χ0) is 23.0. The maximum Gasteiger partial charge on any atom is 0.417 e. The van der Waals surface area contributed by atoms with Crippen LogP contribution in [0.25, 0.3) is 0 Å². The Balaban J connectivity index is 1.80. The summed E-state index contributed by atoms with van der Waals surface area (Å²) < 4.78 is 64.6. The number of alkyl halides is 3. The molecule has 1 aliphatic rings. The van der Waals surface area contributed by atoms with Gasteiger partial charge in [0.1, 0.15) is 6.54 Å². The molecule has 0 saturated heterocycles. The summed E-state index contributed by atoms with van der Waals surface area (Å²) >= 11 is 5.62. The predicted octanol–water partition coefficient (Wildman–Crippen LogP) is 4.49. The lowest BCUT2D eigenvalue weighted by Crippen LogP contribution is -2.41. The average molecular weight is 475 g/mol. The van der Waals surface area contributed by atoms with Crippen molar-refractivity contribution >= 4 is 33.2 Å². The van der Waals surface area contributed by atoms with Gasteiger partial charge in [-0.3, -0.25) is 9.10 Å². The van der Waals surface area contributed by atoms with Crippen molar-refractivity contribution in [3.05, 3.63) is 63.7 Å². The van der Waals surface area contributed by atoms with E-state index in [1.54, 1.807) is 6.92 Å². The van der Waals surface area contributed by atoms with Crippen LogP contribution in [0.1, 0.15) is 41.6 Å². The summed E-state index contributed by atoms with van der Waals surface area (Å²) in [5.74, 6) is -0.637. The Kier molecular flexibility index (Phi) is 6.57. The van der Waals surface area contributed by atoms with E-state index >= 15 is 0 Å². The molecule has 1 N–H and O–H groups in total. The van der Waals surface area contributed by atoms with Crippen molar-refractivity contribution in [3.8, 4) is 0 Å². The maximum atomic E-state index is 13.2. The molecule has 0 saturated carbocycles. The first kappa shape index (κ1) is 23.4. The molecule has 0 aliphatic heterocycles. The van der Waals surface area contributed by atoms with Crippen molar-refractivity contribution < 1.29 is 26.4 Å². The van der Waals surface area contributed by atoms with Crippen LogP contribution in [0.15, 0.2) is 36.4 Å². The van der Waals surface area contributed by atoms with Gasteiger partial charge in [-0.05, 0) is 61.1 Å². The lowest BCUT2D eigenvalue weighted by molar-refractivity contribution is -0.137. The van der Waals surface area contributed by atoms with Gasteiger partial charge in [-0.2, -0.15) is 13.2 Å². The third-order valence-electron chi connectivity index (χ3n) is 5.23. The zero-order valence-corrected chi connectivity index (χ0v) is 18.5. The van der Waals surface area contributed by atoms with Crippen LogP contribution in [0.5, 0.6) is 0 Å². The molecule has 1 atom stereocenters. The molecule has 0 radical (unpaired) electrons. The van der Waals surface area contributed by atoms with Gasteiger partial charge < -0.3 is 5.32 Å². The summed E-state index contributed by atoms with van der Waals surface area (Å²) in [5, 5.41) is 2.17. The van der Waals surface area contributed by atoms with Crippen molar-refractivity contribution in [2.24, 2.45) is 0 Å². The minimum absolute atomic E-state index is 0.292. The van der Waals surface area contributed by atoms with E-state index in [-0.39, 0.29) is 5.69 Å². The number of nitrogens with zero attached hydrogens (tertiary/aromatic N) is 1. The number of carbonyl (C=O) groups excluding carboxylic acids is 1. The summed E-state index contributed by atoms with van der Waals surface area (Å²) in [7, 11) is -4.03. The molecule has 0 bridgehead atoms. The topological polar surface area (TPSA) is 66.5 Å². The molecule has 31 heavy (non-hydrogen) atoms. The Labute approximate surface area is 184 Å². The lowest BCUT2D eigenvalue weighted by atomic mass is 10.0. The van der Waals surface area contributed by atoms with Crippen LogP contribution in [-0.4, -0.2) is 27.1 Å². The lowest BCUT2D eigenvalue weighted by Gasteiger charge is -2.24. The summed E-state index contributed by atoms with van der Waals surface area (Å²) in [6.07, 6.45) is -0.846. The van der Waals surface area contributed by atoms with Crippen molar-refractivity contribution in [2.75, 3.05) is 17.1 Å². The maximum absolute atomic E-state index is 13.2. The van der Waals surface area contributed by atoms with Crippen LogP contribution in [-0.2, 0) is 33.8 Å². The van der Waals surface area contributed by atoms with Gasteiger partial charge >= 0.3 is 6.18 Å². The number of sulfonamides is 1. The third-order valence-corrected chi connectivity index (χ3v) is 6.70. The number of aryl methyl sites for hydroxylation is 2. The van der Waals surface area contributed by atoms with Gasteiger partial charge in [-0.1, -0.05) is 29.8 Å². The quantitative estimate of drug-likeness (QED) is 0.670. The standard InChI is InChI=1S/C21H22ClF3N2O3S/c1-13(15-7-6-14-4-3-5-16(14)10-15)26-20(28)12-27(31(2,29)30)17-8-9-19(22)18(11-17)21(23,24)25/h6-11,13H,3-5,12H2,1-2H3,(H,26,28)/t13-/m1/s1. The SMILES string of the molecule is C[C@@H](NC(=O)CN(c1ccc(Cl)c(C(F)(F)F)c1)S(C)(=O)=O)c1ccc2c(c1)CCC2. The van der Waals surface area contributed by atoms with Crippen molar-refractivity contribution in [2.45, 2.75) is 38.4 Å². The normalized spacial score (nSPS) is 14.8. The minimum Gasteiger partial charge on any atom is -0.348 e. The number of amides is 1. The molecule has 0 aromatic heterocycles. The van der Waals surface area contributed by atoms with Gasteiger partial charge in [0.05, 0.1) is 28.6 Å². The second-order valence-corrected chi connectivity index (χ2v) is 9.92. The fourth-order valence-corrected chi connectivity index (χ4v) is 4.72. The number of anilines is 1. The van der Waals surface area contributed by atoms with Gasteiger partial charge in [0.15, 0.2) is 0 Å². The molecule has 1 aliphatic carbocycles. The number of benzene rings is 2. The van der Waals surface area contributed by atoms with Crippen LogP contribution in [0.3, 0.4) is 0 Å². The second-order valence-electron chi connectivity index (χ2n) is 7.60. The molecule has 168 valence electrons. The number of hydrogen-bond acceptors (Lipinski definition) is 3. The molecule has 0 heterocycles. The molecule has 5 nitrogen and oxygen atoms in total. The largest absolute Gasteiger partial charge is 0.417 e. The summed E-state index contributed by atoms with van der Waals surface area (Å²) in [4.78, 5) is 12.6. The molecule has 2 aromatic carbocycles. The van der Waals surface area contributed by atoms with E-state index in [1.807, 2.05) is 18.2 Å². The van der Waals surface area contributed by atoms with Gasteiger partial charge in [0, 0.05) is 0 Å². The van der Waals surface area contributed by atoms with Gasteiger partial charge in [-0.15, -0.1) is 0 Å². The number of carbonyl (C=O) groups is 1. The van der Waals surface area contributed by atoms with E-state index in [9.17, 15) is 26.4 Å². The fraction of sp³-hybridized carbons (Fsp3) is 0.381. The highest BCUT2D eigenvalue weighted by atomic mass is 35.5. The van der Waals surface area contributed by atoms with Crippen molar-refractivity contribution in [1.82, 2.24) is 5.32 Å². The van der Waals surface area contributed by atoms with Crippen molar-refractivity contribution in [1.29, 1.82) is 0 Å². The molecule has 0 unspecified atom stereocenters. The van der Waals surface area contributed by atoms with E-state index in [1.165, 1.54) is 11.1 Å². The van der Waals surface area contributed by atoms with Crippen LogP contribution < -0.4 is 9.62 Å². The Bertz CT molecular complexity index is 1100. The van der Waals surface area contributed by atoms with Gasteiger partial charge in [0.25, 0.3) is 0 Å². The molecule has 0 fully saturated rings. The van der Waals surface area contributed by atoms with Crippen molar-refractivity contribution in [3.63, 3.8) is 0 Å².